The van der Waals surface area contributed by atoms with Crippen molar-refractivity contribution in [2.75, 3.05) is 28.2 Å². The van der Waals surface area contributed by atoms with E-state index in [0.717, 1.165) is 38.7 Å². The largest absolute Gasteiger partial charge is 0.392 e. The summed E-state index contributed by atoms with van der Waals surface area (Å²) in [7, 11) is 6.94. The van der Waals surface area contributed by atoms with Crippen LogP contribution in [0.3, 0.4) is 0 Å². The van der Waals surface area contributed by atoms with Crippen LogP contribution in [0.25, 0.3) is 0 Å². The van der Waals surface area contributed by atoms with Crippen molar-refractivity contribution in [3.05, 3.63) is 178 Å². The quantitative estimate of drug-likeness (QED) is 0.140. The number of amides is 4. The third kappa shape index (κ3) is 9.81. The number of alkyl halides is 1. The van der Waals surface area contributed by atoms with E-state index in [1.165, 1.54) is 29.1 Å². The fraction of sp³-hybridized carbons (Fsp3) is 0.306. The number of carbonyl (C=O) groups is 4. The first-order valence-corrected chi connectivity index (χ1v) is 25.5. The molecule has 0 saturated carbocycles. The zero-order valence-corrected chi connectivity index (χ0v) is 40.8. The number of aliphatic hydroxyl groups is 2. The molecule has 6 atom stereocenters. The number of fused-ring (bicyclic) bond motifs is 8. The Hall–Kier alpha value is -4.22. The highest BCUT2D eigenvalue weighted by atomic mass is 79.9. The van der Waals surface area contributed by atoms with E-state index in [9.17, 15) is 29.4 Å². The van der Waals surface area contributed by atoms with Gasteiger partial charge in [0.05, 0.1) is 22.4 Å². The van der Waals surface area contributed by atoms with E-state index in [1.54, 1.807) is 71.3 Å². The van der Waals surface area contributed by atoms with Gasteiger partial charge in [-0.2, -0.15) is 0 Å². The molecule has 4 unspecified atom stereocenters. The minimum absolute atomic E-state index is 0.00570. The van der Waals surface area contributed by atoms with Crippen molar-refractivity contribution in [2.24, 2.45) is 0 Å². The molecule has 15 heteroatoms. The molecular formula is C49H51BrN4O6S4. The molecule has 4 amide bonds. The summed E-state index contributed by atoms with van der Waals surface area (Å²) in [6, 6.07) is 45.5. The standard InChI is InChI=1S/2C21H22N2O3S2.C7H7Br/c2*1-22-18-17(25)23(2)21(20(22)26,12-14-6-4-3-5-7-14)28-19(27-18)16-10-8-15(13-24)9-11-16;8-6-7-4-2-1-3-5-7/h2*3-11,18-19,24H,12-13H2,1-2H3;1-5H,6H2/t2*18?,19?,21-;/m00./s1. The lowest BCUT2D eigenvalue weighted by Crippen LogP contribution is -2.67. The van der Waals surface area contributed by atoms with Gasteiger partial charge in [-0.15, -0.1) is 47.0 Å². The highest BCUT2D eigenvalue weighted by Gasteiger charge is 2.60. The molecule has 4 bridgehead atoms. The molecule has 6 fully saturated rings. The van der Waals surface area contributed by atoms with Gasteiger partial charge in [-0.05, 0) is 38.9 Å². The second kappa shape index (κ2) is 21.0. The SMILES string of the molecule is BrCc1ccccc1.CN1C(=O)[C@]2(Cc3ccccc3)SC(c3ccc(CO)cc3)SC1C(=O)N2C.CN1C(=O)[C@]2(Cc3ccccc3)SC(c3ccc(CO)cc3)SC1C(=O)N2C. The molecule has 0 aliphatic carbocycles. The molecule has 2 N–H and O–H groups in total. The first kappa shape index (κ1) is 47.7. The van der Waals surface area contributed by atoms with Crippen LogP contribution < -0.4 is 0 Å². The van der Waals surface area contributed by atoms with E-state index >= 15 is 0 Å². The number of aliphatic hydroxyl groups excluding tert-OH is 2. The molecule has 5 aromatic rings. The van der Waals surface area contributed by atoms with E-state index < -0.39 is 20.5 Å². The third-order valence-corrected chi connectivity index (χ3v) is 19.1. The Bertz CT molecular complexity index is 2260. The van der Waals surface area contributed by atoms with Crippen molar-refractivity contribution >= 4 is 86.6 Å². The molecule has 0 radical (unpaired) electrons. The van der Waals surface area contributed by atoms with E-state index in [0.29, 0.717) is 12.8 Å². The Balaban J connectivity index is 0.000000163. The minimum atomic E-state index is -0.979. The Morgan fingerprint density at radius 2 is 0.812 bits per heavy atom. The van der Waals surface area contributed by atoms with Crippen molar-refractivity contribution in [3.8, 4) is 0 Å². The first-order valence-electron chi connectivity index (χ1n) is 20.7. The number of nitrogens with zero attached hydrogens (tertiary/aromatic N) is 4. The lowest BCUT2D eigenvalue weighted by molar-refractivity contribution is -0.156. The molecule has 334 valence electrons. The number of benzene rings is 5. The average molecular weight is 1000 g/mol. The maximum atomic E-state index is 13.4. The molecule has 6 aliphatic rings. The number of piperazine rings is 2. The fourth-order valence-electron chi connectivity index (χ4n) is 7.91. The highest BCUT2D eigenvalue weighted by molar-refractivity contribution is 9.08. The average Bonchev–Trinajstić information content (AvgIpc) is 3.64. The van der Waals surface area contributed by atoms with Gasteiger partial charge in [-0.1, -0.05) is 155 Å². The van der Waals surface area contributed by atoms with Gasteiger partial charge in [0.25, 0.3) is 23.6 Å². The fourth-order valence-corrected chi connectivity index (χ4v) is 15.3. The van der Waals surface area contributed by atoms with Gasteiger partial charge >= 0.3 is 0 Å². The second-order valence-electron chi connectivity index (χ2n) is 15.8. The van der Waals surface area contributed by atoms with Gasteiger partial charge in [-0.3, -0.25) is 19.2 Å². The number of halogens is 1. The van der Waals surface area contributed by atoms with Crippen LogP contribution in [0.2, 0.25) is 0 Å². The number of likely N-dealkylation sites (N-methyl/N-ethyl adjacent to an activating group) is 4. The summed E-state index contributed by atoms with van der Waals surface area (Å²) in [5.74, 6) is -0.138. The van der Waals surface area contributed by atoms with Gasteiger partial charge in [0.15, 0.2) is 20.5 Å². The topological polar surface area (TPSA) is 122 Å². The summed E-state index contributed by atoms with van der Waals surface area (Å²) in [5.41, 5.74) is 7.15. The van der Waals surface area contributed by atoms with Crippen molar-refractivity contribution in [1.82, 2.24) is 19.6 Å². The molecule has 0 aromatic heterocycles. The smallest absolute Gasteiger partial charge is 0.260 e. The molecular weight excluding hydrogens is 949 g/mol. The lowest BCUT2D eigenvalue weighted by Gasteiger charge is -2.46. The molecule has 11 rings (SSSR count). The monoisotopic (exact) mass is 998 g/mol. The van der Waals surface area contributed by atoms with Gasteiger partial charge in [-0.25, -0.2) is 0 Å². The summed E-state index contributed by atoms with van der Waals surface area (Å²) in [6.45, 7) is -0.0114. The van der Waals surface area contributed by atoms with E-state index in [-0.39, 0.29) is 46.0 Å². The Labute approximate surface area is 400 Å². The Kier molecular flexibility index (Phi) is 15.6. The number of rotatable bonds is 9. The van der Waals surface area contributed by atoms with E-state index in [4.69, 9.17) is 0 Å². The predicted molar refractivity (Wildman–Crippen MR) is 264 cm³/mol. The van der Waals surface area contributed by atoms with Crippen LogP contribution in [0, 0.1) is 0 Å². The van der Waals surface area contributed by atoms with Crippen molar-refractivity contribution in [3.63, 3.8) is 0 Å². The third-order valence-electron chi connectivity index (χ3n) is 11.7. The molecule has 10 nitrogen and oxygen atoms in total. The van der Waals surface area contributed by atoms with Crippen LogP contribution in [0.1, 0.15) is 48.1 Å². The Morgan fingerprint density at radius 1 is 0.484 bits per heavy atom. The maximum Gasteiger partial charge on any atom is 0.260 e. The molecule has 6 heterocycles. The number of carbonyl (C=O) groups excluding carboxylic acids is 4. The molecule has 64 heavy (non-hydrogen) atoms. The van der Waals surface area contributed by atoms with Crippen molar-refractivity contribution in [2.45, 2.75) is 61.0 Å². The zero-order chi connectivity index (χ0) is 45.6. The maximum absolute atomic E-state index is 13.4. The van der Waals surface area contributed by atoms with E-state index in [1.807, 2.05) is 127 Å². The molecule has 6 saturated heterocycles. The lowest BCUT2D eigenvalue weighted by atomic mass is 10.0. The van der Waals surface area contributed by atoms with Crippen LogP contribution in [0.5, 0.6) is 0 Å². The summed E-state index contributed by atoms with van der Waals surface area (Å²) in [5, 5.41) is 18.5. The van der Waals surface area contributed by atoms with Crippen molar-refractivity contribution < 1.29 is 29.4 Å². The molecule has 0 spiro atoms. The van der Waals surface area contributed by atoms with Gasteiger partial charge < -0.3 is 29.8 Å². The van der Waals surface area contributed by atoms with Crippen LogP contribution in [-0.2, 0) is 50.6 Å². The van der Waals surface area contributed by atoms with Crippen LogP contribution in [0.15, 0.2) is 140 Å². The van der Waals surface area contributed by atoms with Crippen LogP contribution >= 0.6 is 63.0 Å². The second-order valence-corrected chi connectivity index (χ2v) is 22.1. The number of hydrogen-bond acceptors (Lipinski definition) is 10. The van der Waals surface area contributed by atoms with E-state index in [2.05, 4.69) is 28.1 Å². The summed E-state index contributed by atoms with van der Waals surface area (Å²) >= 11 is 9.45. The zero-order valence-electron chi connectivity index (χ0n) is 36.0. The summed E-state index contributed by atoms with van der Waals surface area (Å²) in [6.07, 6.45) is 0.921. The minimum Gasteiger partial charge on any atom is -0.392 e. The Morgan fingerprint density at radius 3 is 1.11 bits per heavy atom. The predicted octanol–water partition coefficient (Wildman–Crippen LogP) is 8.29. The summed E-state index contributed by atoms with van der Waals surface area (Å²) in [4.78, 5) is 57.6. The van der Waals surface area contributed by atoms with Crippen molar-refractivity contribution in [1.29, 1.82) is 0 Å². The van der Waals surface area contributed by atoms with Gasteiger partial charge in [0.1, 0.15) is 0 Å². The van der Waals surface area contributed by atoms with Crippen LogP contribution in [-0.4, -0.2) is 102 Å². The molecule has 5 aromatic carbocycles. The highest BCUT2D eigenvalue weighted by Crippen LogP contribution is 2.58. The molecule has 6 aliphatic heterocycles. The number of thioether (sulfide) groups is 4. The van der Waals surface area contributed by atoms with Gasteiger partial charge in [0, 0.05) is 46.4 Å². The normalized spacial score (nSPS) is 25.0. The first-order chi connectivity index (χ1) is 30.8. The summed E-state index contributed by atoms with van der Waals surface area (Å²) < 4.78 is -0.131. The van der Waals surface area contributed by atoms with Crippen LogP contribution in [0.4, 0.5) is 0 Å². The number of hydrogen-bond donors (Lipinski definition) is 2. The van der Waals surface area contributed by atoms with Gasteiger partial charge in [0.2, 0.25) is 0 Å².